The Morgan fingerprint density at radius 2 is 1.98 bits per heavy atom. The number of fused-ring (bicyclic) bond motifs is 2. The van der Waals surface area contributed by atoms with Gasteiger partial charge in [0.2, 0.25) is 5.91 Å². The van der Waals surface area contributed by atoms with Gasteiger partial charge in [0.1, 0.15) is 10.9 Å². The lowest BCUT2D eigenvalue weighted by molar-refractivity contribution is -0.144. The van der Waals surface area contributed by atoms with Crippen LogP contribution in [0.5, 0.6) is 5.75 Å². The van der Waals surface area contributed by atoms with Crippen molar-refractivity contribution in [1.29, 1.82) is 0 Å². The van der Waals surface area contributed by atoms with Gasteiger partial charge in [0.05, 0.1) is 25.5 Å². The molecule has 41 heavy (non-hydrogen) atoms. The zero-order chi connectivity index (χ0) is 29.4. The molecule has 0 radical (unpaired) electrons. The van der Waals surface area contributed by atoms with Crippen LogP contribution in [0.2, 0.25) is 5.15 Å². The minimum Gasteiger partial charge on any atom is -0.497 e. The van der Waals surface area contributed by atoms with Gasteiger partial charge in [-0.3, -0.25) is 14.9 Å². The maximum Gasteiger partial charge on any atom is 0.257 e. The third kappa shape index (κ3) is 5.70. The summed E-state index contributed by atoms with van der Waals surface area (Å²) in [5, 5.41) is 28.0. The minimum absolute atomic E-state index is 0.0846. The van der Waals surface area contributed by atoms with Crippen LogP contribution in [0.25, 0.3) is 0 Å². The molecule has 2 amide bonds. The summed E-state index contributed by atoms with van der Waals surface area (Å²) < 4.78 is 5.22. The number of methoxy groups -OCH3 is 1. The molecule has 1 fully saturated rings. The number of aliphatic hydroxyl groups excluding tert-OH is 2. The van der Waals surface area contributed by atoms with Gasteiger partial charge < -0.3 is 20.3 Å². The van der Waals surface area contributed by atoms with Crippen molar-refractivity contribution < 1.29 is 24.5 Å². The van der Waals surface area contributed by atoms with Crippen LogP contribution >= 0.6 is 22.9 Å². The molecule has 0 spiro atoms. The van der Waals surface area contributed by atoms with Crippen molar-refractivity contribution in [1.82, 2.24) is 15.3 Å². The Balaban J connectivity index is 1.43. The van der Waals surface area contributed by atoms with Gasteiger partial charge in [0.15, 0.2) is 5.13 Å². The number of carbonyl (C=O) groups is 2. The number of rotatable bonds is 8. The topological polar surface area (TPSA) is 134 Å². The molecule has 2 aliphatic rings. The molecule has 4 N–H and O–H groups in total. The average Bonchev–Trinajstić information content (AvgIpc) is 3.37. The molecule has 3 aromatic rings. The van der Waals surface area contributed by atoms with Crippen LogP contribution in [-0.2, 0) is 17.8 Å². The van der Waals surface area contributed by atoms with Crippen LogP contribution in [0.3, 0.4) is 0 Å². The summed E-state index contributed by atoms with van der Waals surface area (Å²) in [6, 6.07) is 10.6. The van der Waals surface area contributed by atoms with Crippen molar-refractivity contribution in [2.24, 2.45) is 16.7 Å². The summed E-state index contributed by atoms with van der Waals surface area (Å²) >= 11 is 7.34. The lowest BCUT2D eigenvalue weighted by Gasteiger charge is -2.58. The van der Waals surface area contributed by atoms with Crippen LogP contribution < -0.4 is 15.4 Å². The number of aliphatic hydroxyl groups is 2. The summed E-state index contributed by atoms with van der Waals surface area (Å²) in [4.78, 5) is 36.1. The Kier molecular flexibility index (Phi) is 8.39. The van der Waals surface area contributed by atoms with E-state index in [1.54, 1.807) is 13.2 Å². The second-order valence-corrected chi connectivity index (χ2v) is 13.0. The van der Waals surface area contributed by atoms with E-state index in [2.05, 4.69) is 22.5 Å². The van der Waals surface area contributed by atoms with Gasteiger partial charge >= 0.3 is 0 Å². The van der Waals surface area contributed by atoms with Crippen molar-refractivity contribution in [3.05, 3.63) is 69.4 Å². The first-order valence-corrected chi connectivity index (χ1v) is 14.9. The zero-order valence-corrected chi connectivity index (χ0v) is 24.9. The summed E-state index contributed by atoms with van der Waals surface area (Å²) in [5.74, 6) is -0.0611. The SMILES string of the molecule is COc1ccc(CNC(=O)CC2c3nc(NC(=O)c4ccnc(Cl)c4)sc3CC3C(C)(CO)C(O)CCC23C)cc1. The van der Waals surface area contributed by atoms with Crippen LogP contribution in [0.4, 0.5) is 5.13 Å². The van der Waals surface area contributed by atoms with E-state index in [1.807, 2.05) is 31.2 Å². The Morgan fingerprint density at radius 3 is 2.66 bits per heavy atom. The fourth-order valence-corrected chi connectivity index (χ4v) is 7.85. The van der Waals surface area contributed by atoms with Gasteiger partial charge in [-0.05, 0) is 60.4 Å². The first kappa shape index (κ1) is 29.4. The number of nitrogens with one attached hydrogen (secondary N) is 2. The van der Waals surface area contributed by atoms with Crippen LogP contribution in [0.15, 0.2) is 42.6 Å². The number of carbonyl (C=O) groups excluding carboxylic acids is 2. The van der Waals surface area contributed by atoms with E-state index < -0.39 is 16.9 Å². The quantitative estimate of drug-likeness (QED) is 0.279. The Labute approximate surface area is 248 Å². The molecule has 218 valence electrons. The molecular formula is C30H35ClN4O5S. The molecule has 9 nitrogen and oxygen atoms in total. The fraction of sp³-hybridized carbons (Fsp3) is 0.467. The van der Waals surface area contributed by atoms with Gasteiger partial charge in [-0.1, -0.05) is 37.6 Å². The zero-order valence-electron chi connectivity index (χ0n) is 23.3. The van der Waals surface area contributed by atoms with E-state index in [4.69, 9.17) is 21.3 Å². The van der Waals surface area contributed by atoms with Gasteiger partial charge in [-0.15, -0.1) is 11.3 Å². The van der Waals surface area contributed by atoms with E-state index in [-0.39, 0.29) is 41.8 Å². The second-order valence-electron chi connectivity index (χ2n) is 11.5. The van der Waals surface area contributed by atoms with Crippen molar-refractivity contribution in [3.63, 3.8) is 0 Å². The molecule has 0 bridgehead atoms. The number of halogens is 1. The normalized spacial score (nSPS) is 26.9. The molecule has 2 aromatic heterocycles. The third-order valence-corrected chi connectivity index (χ3v) is 10.4. The molecule has 2 aliphatic carbocycles. The number of thiazole rings is 1. The summed E-state index contributed by atoms with van der Waals surface area (Å²) in [7, 11) is 1.61. The summed E-state index contributed by atoms with van der Waals surface area (Å²) in [5.41, 5.74) is 0.993. The van der Waals surface area contributed by atoms with Crippen molar-refractivity contribution in [2.75, 3.05) is 19.0 Å². The molecule has 0 saturated heterocycles. The number of hydrogen-bond donors (Lipinski definition) is 4. The van der Waals surface area contributed by atoms with E-state index in [1.165, 1.54) is 23.6 Å². The lowest BCUT2D eigenvalue weighted by Crippen LogP contribution is -2.57. The average molecular weight is 599 g/mol. The lowest BCUT2D eigenvalue weighted by atomic mass is 9.47. The smallest absolute Gasteiger partial charge is 0.257 e. The first-order chi connectivity index (χ1) is 19.6. The van der Waals surface area contributed by atoms with Gasteiger partial charge in [0.25, 0.3) is 5.91 Å². The molecule has 1 aromatic carbocycles. The number of anilines is 1. The van der Waals surface area contributed by atoms with Crippen LogP contribution in [0.1, 0.15) is 65.5 Å². The van der Waals surface area contributed by atoms with E-state index >= 15 is 0 Å². The molecular weight excluding hydrogens is 564 g/mol. The van der Waals surface area contributed by atoms with E-state index in [9.17, 15) is 19.8 Å². The van der Waals surface area contributed by atoms with Gasteiger partial charge in [0, 0.05) is 40.9 Å². The largest absolute Gasteiger partial charge is 0.497 e. The predicted molar refractivity (Wildman–Crippen MR) is 157 cm³/mol. The summed E-state index contributed by atoms with van der Waals surface area (Å²) in [6.07, 6.45) is 2.83. The monoisotopic (exact) mass is 598 g/mol. The number of benzene rings is 1. The van der Waals surface area contributed by atoms with Crippen LogP contribution in [0, 0.1) is 16.7 Å². The molecule has 1 saturated carbocycles. The Hall–Kier alpha value is -3.05. The van der Waals surface area contributed by atoms with Crippen molar-refractivity contribution in [2.45, 2.75) is 58.1 Å². The Morgan fingerprint density at radius 1 is 1.22 bits per heavy atom. The number of aromatic nitrogens is 2. The highest BCUT2D eigenvalue weighted by Gasteiger charge is 2.59. The first-order valence-electron chi connectivity index (χ1n) is 13.7. The minimum atomic E-state index is -0.732. The Bertz CT molecular complexity index is 1430. The highest BCUT2D eigenvalue weighted by Crippen LogP contribution is 2.62. The van der Waals surface area contributed by atoms with Gasteiger partial charge in [-0.25, -0.2) is 9.97 Å². The third-order valence-electron chi connectivity index (χ3n) is 9.14. The van der Waals surface area contributed by atoms with Crippen molar-refractivity contribution in [3.8, 4) is 5.75 Å². The van der Waals surface area contributed by atoms with E-state index in [0.717, 1.165) is 21.9 Å². The van der Waals surface area contributed by atoms with Crippen molar-refractivity contribution >= 4 is 39.9 Å². The fourth-order valence-electron chi connectivity index (χ4n) is 6.61. The second kappa shape index (κ2) is 11.7. The number of nitrogens with zero attached hydrogens (tertiary/aromatic N) is 2. The molecule has 0 aliphatic heterocycles. The summed E-state index contributed by atoms with van der Waals surface area (Å²) in [6.45, 7) is 4.30. The molecule has 5 atom stereocenters. The molecule has 2 heterocycles. The number of ether oxygens (including phenoxy) is 1. The van der Waals surface area contributed by atoms with E-state index in [0.29, 0.717) is 36.5 Å². The number of pyridine rings is 1. The maximum absolute atomic E-state index is 13.4. The number of hydrogen-bond acceptors (Lipinski definition) is 8. The van der Waals surface area contributed by atoms with Crippen LogP contribution in [-0.4, -0.2) is 51.8 Å². The highest BCUT2D eigenvalue weighted by atomic mass is 35.5. The molecule has 11 heteroatoms. The molecule has 5 unspecified atom stereocenters. The predicted octanol–water partition coefficient (Wildman–Crippen LogP) is 4.57. The highest BCUT2D eigenvalue weighted by molar-refractivity contribution is 7.15. The number of amides is 2. The molecule has 5 rings (SSSR count). The standard InChI is InChI=1S/C30H35ClN4O5S/c1-29-10-8-23(37)30(2,16-36)22(29)14-21-26(34-28(41-21)35-27(39)18-9-11-32-24(31)12-18)20(29)13-25(38)33-15-17-4-6-19(40-3)7-5-17/h4-7,9,11-12,20,22-23,36-37H,8,10,13-16H2,1-3H3,(H,33,38)(H,34,35,39). The van der Waals surface area contributed by atoms with Gasteiger partial charge in [-0.2, -0.15) is 0 Å². The maximum atomic E-state index is 13.4.